The van der Waals surface area contributed by atoms with Gasteiger partial charge in [0.2, 0.25) is 6.39 Å². The SMILES string of the molecule is CN(C)C(=O)c1ccc(N)c(NCCc2ncon2)c1. The van der Waals surface area contributed by atoms with Gasteiger partial charge in [0.15, 0.2) is 5.82 Å². The lowest BCUT2D eigenvalue weighted by Crippen LogP contribution is -2.22. The highest BCUT2D eigenvalue weighted by atomic mass is 16.5. The van der Waals surface area contributed by atoms with Gasteiger partial charge in [-0.2, -0.15) is 4.98 Å². The lowest BCUT2D eigenvalue weighted by Gasteiger charge is -2.13. The summed E-state index contributed by atoms with van der Waals surface area (Å²) in [7, 11) is 3.42. The summed E-state index contributed by atoms with van der Waals surface area (Å²) in [5, 5.41) is 6.89. The van der Waals surface area contributed by atoms with Gasteiger partial charge < -0.3 is 20.5 Å². The lowest BCUT2D eigenvalue weighted by atomic mass is 10.1. The summed E-state index contributed by atoms with van der Waals surface area (Å²) < 4.78 is 4.65. The number of aromatic nitrogens is 2. The number of carbonyl (C=O) groups excluding carboxylic acids is 1. The van der Waals surface area contributed by atoms with Crippen molar-refractivity contribution < 1.29 is 9.32 Å². The molecule has 0 unspecified atom stereocenters. The number of nitrogens with one attached hydrogen (secondary N) is 1. The van der Waals surface area contributed by atoms with Crippen molar-refractivity contribution in [1.82, 2.24) is 15.0 Å². The number of amides is 1. The fourth-order valence-electron chi connectivity index (χ4n) is 1.71. The van der Waals surface area contributed by atoms with Crippen LogP contribution < -0.4 is 11.1 Å². The van der Waals surface area contributed by atoms with Gasteiger partial charge >= 0.3 is 0 Å². The standard InChI is InChI=1S/C13H17N5O2/c1-18(2)13(19)9-3-4-10(14)11(7-9)15-6-5-12-16-8-20-17-12/h3-4,7-8,15H,5-6,14H2,1-2H3. The number of anilines is 2. The molecule has 1 aromatic heterocycles. The summed E-state index contributed by atoms with van der Waals surface area (Å²) in [5.74, 6) is 0.558. The van der Waals surface area contributed by atoms with E-state index in [1.54, 1.807) is 32.3 Å². The average molecular weight is 275 g/mol. The number of nitrogens with zero attached hydrogens (tertiary/aromatic N) is 3. The van der Waals surface area contributed by atoms with Crippen molar-refractivity contribution in [2.75, 3.05) is 31.7 Å². The van der Waals surface area contributed by atoms with Gasteiger partial charge in [0.25, 0.3) is 5.91 Å². The van der Waals surface area contributed by atoms with Gasteiger partial charge in [-0.3, -0.25) is 4.79 Å². The summed E-state index contributed by atoms with van der Waals surface area (Å²) in [6.07, 6.45) is 1.90. The molecular formula is C13H17N5O2. The van der Waals surface area contributed by atoms with E-state index < -0.39 is 0 Å². The number of benzene rings is 1. The fourth-order valence-corrected chi connectivity index (χ4v) is 1.71. The van der Waals surface area contributed by atoms with Gasteiger partial charge in [-0.05, 0) is 18.2 Å². The molecule has 20 heavy (non-hydrogen) atoms. The second-order valence-electron chi connectivity index (χ2n) is 4.53. The first-order valence-corrected chi connectivity index (χ1v) is 6.18. The maximum absolute atomic E-state index is 11.9. The van der Waals surface area contributed by atoms with Gasteiger partial charge in [-0.25, -0.2) is 0 Å². The fraction of sp³-hybridized carbons (Fsp3) is 0.308. The van der Waals surface area contributed by atoms with Gasteiger partial charge in [0.1, 0.15) is 0 Å². The Bertz CT molecular complexity index is 580. The van der Waals surface area contributed by atoms with Gasteiger partial charge in [-0.1, -0.05) is 5.16 Å². The van der Waals surface area contributed by atoms with E-state index in [2.05, 4.69) is 20.0 Å². The van der Waals surface area contributed by atoms with Crippen LogP contribution in [0.5, 0.6) is 0 Å². The largest absolute Gasteiger partial charge is 0.397 e. The van der Waals surface area contributed by atoms with E-state index in [9.17, 15) is 4.79 Å². The Kier molecular flexibility index (Phi) is 4.19. The summed E-state index contributed by atoms with van der Waals surface area (Å²) >= 11 is 0. The van der Waals surface area contributed by atoms with Crippen molar-refractivity contribution in [2.24, 2.45) is 0 Å². The van der Waals surface area contributed by atoms with E-state index in [0.717, 1.165) is 5.69 Å². The highest BCUT2D eigenvalue weighted by molar-refractivity contribution is 5.95. The van der Waals surface area contributed by atoms with Crippen molar-refractivity contribution in [3.05, 3.63) is 36.0 Å². The molecular weight excluding hydrogens is 258 g/mol. The predicted octanol–water partition coefficient (Wildman–Crippen LogP) is 1.01. The molecule has 0 aliphatic heterocycles. The van der Waals surface area contributed by atoms with Crippen LogP contribution in [0.2, 0.25) is 0 Å². The summed E-state index contributed by atoms with van der Waals surface area (Å²) in [4.78, 5) is 17.3. The Hall–Kier alpha value is -2.57. The molecule has 1 aromatic carbocycles. The second-order valence-corrected chi connectivity index (χ2v) is 4.53. The highest BCUT2D eigenvalue weighted by Crippen LogP contribution is 2.20. The summed E-state index contributed by atoms with van der Waals surface area (Å²) in [6.45, 7) is 0.601. The van der Waals surface area contributed by atoms with Crippen molar-refractivity contribution in [3.63, 3.8) is 0 Å². The third-order valence-electron chi connectivity index (χ3n) is 2.78. The molecule has 0 atom stereocenters. The first-order valence-electron chi connectivity index (χ1n) is 6.18. The van der Waals surface area contributed by atoms with Crippen molar-refractivity contribution in [1.29, 1.82) is 0 Å². The molecule has 0 fully saturated rings. The molecule has 1 heterocycles. The molecule has 106 valence electrons. The summed E-state index contributed by atoms with van der Waals surface area (Å²) in [6, 6.07) is 5.17. The molecule has 0 spiro atoms. The van der Waals surface area contributed by atoms with Crippen LogP contribution in [0.25, 0.3) is 0 Å². The third-order valence-corrected chi connectivity index (χ3v) is 2.78. The van der Waals surface area contributed by atoms with Crippen LogP contribution in [-0.2, 0) is 6.42 Å². The Morgan fingerprint density at radius 3 is 2.90 bits per heavy atom. The number of carbonyl (C=O) groups is 1. The predicted molar refractivity (Wildman–Crippen MR) is 75.4 cm³/mol. The van der Waals surface area contributed by atoms with Gasteiger partial charge in [-0.15, -0.1) is 0 Å². The first-order chi connectivity index (χ1) is 9.58. The Morgan fingerprint density at radius 1 is 1.45 bits per heavy atom. The van der Waals surface area contributed by atoms with Crippen LogP contribution in [0.1, 0.15) is 16.2 Å². The molecule has 0 saturated carbocycles. The Labute approximate surface area is 116 Å². The minimum absolute atomic E-state index is 0.0637. The van der Waals surface area contributed by atoms with Crippen molar-refractivity contribution >= 4 is 17.3 Å². The molecule has 0 saturated heterocycles. The number of nitrogens with two attached hydrogens (primary N) is 1. The zero-order valence-corrected chi connectivity index (χ0v) is 11.5. The number of hydrogen-bond donors (Lipinski definition) is 2. The summed E-state index contributed by atoms with van der Waals surface area (Å²) in [5.41, 5.74) is 7.79. The molecule has 2 aromatic rings. The van der Waals surface area contributed by atoms with E-state index in [0.29, 0.717) is 30.0 Å². The second kappa shape index (κ2) is 6.05. The monoisotopic (exact) mass is 275 g/mol. The van der Waals surface area contributed by atoms with E-state index in [1.165, 1.54) is 11.3 Å². The number of rotatable bonds is 5. The highest BCUT2D eigenvalue weighted by Gasteiger charge is 2.10. The van der Waals surface area contributed by atoms with E-state index in [1.807, 2.05) is 0 Å². The number of hydrogen-bond acceptors (Lipinski definition) is 6. The van der Waals surface area contributed by atoms with Crippen LogP contribution >= 0.6 is 0 Å². The smallest absolute Gasteiger partial charge is 0.253 e. The van der Waals surface area contributed by atoms with Gasteiger partial charge in [0.05, 0.1) is 11.4 Å². The molecule has 1 amide bonds. The molecule has 0 bridgehead atoms. The molecule has 3 N–H and O–H groups in total. The Balaban J connectivity index is 2.03. The molecule has 7 heteroatoms. The van der Waals surface area contributed by atoms with Crippen LogP contribution in [0.15, 0.2) is 29.1 Å². The minimum atomic E-state index is -0.0637. The maximum Gasteiger partial charge on any atom is 0.253 e. The van der Waals surface area contributed by atoms with E-state index in [4.69, 9.17) is 5.73 Å². The molecule has 0 aliphatic rings. The average Bonchev–Trinajstić information content (AvgIpc) is 2.93. The van der Waals surface area contributed by atoms with Crippen LogP contribution in [0.3, 0.4) is 0 Å². The number of nitrogen functional groups attached to an aromatic ring is 1. The van der Waals surface area contributed by atoms with Gasteiger partial charge in [0, 0.05) is 32.6 Å². The normalized spacial score (nSPS) is 10.3. The zero-order chi connectivity index (χ0) is 14.5. The third kappa shape index (κ3) is 3.25. The Morgan fingerprint density at radius 2 is 2.25 bits per heavy atom. The molecule has 2 rings (SSSR count). The minimum Gasteiger partial charge on any atom is -0.397 e. The zero-order valence-electron chi connectivity index (χ0n) is 11.5. The quantitative estimate of drug-likeness (QED) is 0.790. The first kappa shape index (κ1) is 13.9. The van der Waals surface area contributed by atoms with Crippen LogP contribution in [-0.4, -0.2) is 41.6 Å². The van der Waals surface area contributed by atoms with Crippen molar-refractivity contribution in [2.45, 2.75) is 6.42 Å². The maximum atomic E-state index is 11.9. The van der Waals surface area contributed by atoms with E-state index >= 15 is 0 Å². The van der Waals surface area contributed by atoms with Crippen LogP contribution in [0, 0.1) is 0 Å². The van der Waals surface area contributed by atoms with E-state index in [-0.39, 0.29) is 5.91 Å². The van der Waals surface area contributed by atoms with Crippen molar-refractivity contribution in [3.8, 4) is 0 Å². The topological polar surface area (TPSA) is 97.3 Å². The molecule has 0 radical (unpaired) electrons. The molecule has 7 nitrogen and oxygen atoms in total. The molecule has 0 aliphatic carbocycles. The van der Waals surface area contributed by atoms with Crippen LogP contribution in [0.4, 0.5) is 11.4 Å². The lowest BCUT2D eigenvalue weighted by molar-refractivity contribution is 0.0827.